The second-order valence-corrected chi connectivity index (χ2v) is 7.42. The van der Waals surface area contributed by atoms with E-state index < -0.39 is 70.9 Å². The molecule has 0 N–H and O–H groups in total. The van der Waals surface area contributed by atoms with Crippen molar-refractivity contribution in [3.63, 3.8) is 0 Å². The van der Waals surface area contributed by atoms with Crippen LogP contribution in [-0.4, -0.2) is 26.2 Å². The highest BCUT2D eigenvalue weighted by atomic mass is 19.2. The van der Waals surface area contributed by atoms with Crippen LogP contribution in [0.25, 0.3) is 0 Å². The van der Waals surface area contributed by atoms with Gasteiger partial charge in [-0.05, 0) is 18.3 Å². The van der Waals surface area contributed by atoms with Crippen LogP contribution in [0.5, 0.6) is 0 Å². The molecule has 0 saturated heterocycles. The first kappa shape index (κ1) is 22.9. The third-order valence-corrected chi connectivity index (χ3v) is 5.19. The Kier molecular flexibility index (Phi) is 6.72. The van der Waals surface area contributed by atoms with Crippen LogP contribution in [0.3, 0.4) is 0 Å². The molecule has 29 heavy (non-hydrogen) atoms. The van der Waals surface area contributed by atoms with E-state index in [1.165, 1.54) is 14.0 Å². The van der Waals surface area contributed by atoms with Gasteiger partial charge in [-0.15, -0.1) is 0 Å². The topological polar surface area (TPSA) is 61.8 Å². The fraction of sp³-hybridized carbons (Fsp3) is 0.500. The van der Waals surface area contributed by atoms with Crippen molar-refractivity contribution in [3.8, 4) is 0 Å². The summed E-state index contributed by atoms with van der Waals surface area (Å²) < 4.78 is 70.3. The number of esters is 2. The van der Waals surface area contributed by atoms with E-state index in [2.05, 4.69) is 9.47 Å². The van der Waals surface area contributed by atoms with Crippen LogP contribution < -0.4 is 0 Å². The van der Waals surface area contributed by atoms with E-state index in [-0.39, 0.29) is 5.92 Å². The first-order valence-corrected chi connectivity index (χ1v) is 8.74. The van der Waals surface area contributed by atoms with E-state index in [1.807, 2.05) is 0 Å². The maximum absolute atomic E-state index is 14.1. The highest BCUT2D eigenvalue weighted by Gasteiger charge is 2.61. The summed E-state index contributed by atoms with van der Waals surface area (Å²) in [6, 6.07) is 0. The zero-order valence-corrected chi connectivity index (χ0v) is 16.7. The zero-order valence-electron chi connectivity index (χ0n) is 16.7. The maximum atomic E-state index is 14.1. The van der Waals surface area contributed by atoms with Crippen LogP contribution in [-0.2, 0) is 37.0 Å². The molecule has 1 aromatic rings. The van der Waals surface area contributed by atoms with Crippen molar-refractivity contribution >= 4 is 11.9 Å². The Morgan fingerprint density at radius 2 is 1.45 bits per heavy atom. The lowest BCUT2D eigenvalue weighted by atomic mass is 10.1. The van der Waals surface area contributed by atoms with Gasteiger partial charge >= 0.3 is 11.9 Å². The second kappa shape index (κ2) is 8.52. The number of carbonyl (C=O) groups is 2. The number of hydrogen-bond donors (Lipinski definition) is 0. The number of methoxy groups -OCH3 is 2. The van der Waals surface area contributed by atoms with Crippen molar-refractivity contribution in [1.82, 2.24) is 0 Å². The Morgan fingerprint density at radius 1 is 0.966 bits per heavy atom. The van der Waals surface area contributed by atoms with Crippen molar-refractivity contribution in [2.24, 2.45) is 17.3 Å². The summed E-state index contributed by atoms with van der Waals surface area (Å²) in [5.41, 5.74) is -2.17. The van der Waals surface area contributed by atoms with Crippen LogP contribution in [0.2, 0.25) is 0 Å². The van der Waals surface area contributed by atoms with Crippen molar-refractivity contribution in [2.45, 2.75) is 34.0 Å². The fourth-order valence-electron chi connectivity index (χ4n) is 3.29. The summed E-state index contributed by atoms with van der Waals surface area (Å²) in [7, 11) is 2.34. The van der Waals surface area contributed by atoms with E-state index in [0.29, 0.717) is 5.57 Å². The van der Waals surface area contributed by atoms with Crippen LogP contribution in [0.4, 0.5) is 17.6 Å². The summed E-state index contributed by atoms with van der Waals surface area (Å²) in [5, 5.41) is 0. The largest absolute Gasteiger partial charge is 0.466 e. The molecule has 9 heteroatoms. The van der Waals surface area contributed by atoms with Gasteiger partial charge in [-0.1, -0.05) is 19.9 Å². The number of rotatable bonds is 7. The average Bonchev–Trinajstić information content (AvgIpc) is 3.22. The molecule has 0 radical (unpaired) electrons. The van der Waals surface area contributed by atoms with Crippen molar-refractivity contribution < 1.29 is 41.4 Å². The van der Waals surface area contributed by atoms with Gasteiger partial charge in [-0.3, -0.25) is 4.79 Å². The predicted molar refractivity (Wildman–Crippen MR) is 93.3 cm³/mol. The molecular weight excluding hydrogens is 396 g/mol. The fourth-order valence-corrected chi connectivity index (χ4v) is 3.29. The first-order valence-electron chi connectivity index (χ1n) is 8.74. The van der Waals surface area contributed by atoms with Gasteiger partial charge < -0.3 is 14.2 Å². The molecule has 0 unspecified atom stereocenters. The minimum absolute atomic E-state index is 0.302. The highest BCUT2D eigenvalue weighted by Crippen LogP contribution is 2.60. The number of allylic oxidation sites excluding steroid dienone is 1. The summed E-state index contributed by atoms with van der Waals surface area (Å²) in [6.07, 6.45) is 1.57. The molecule has 1 aromatic carbocycles. The van der Waals surface area contributed by atoms with Crippen LogP contribution >= 0.6 is 0 Å². The average molecular weight is 418 g/mol. The van der Waals surface area contributed by atoms with Crippen molar-refractivity contribution in [1.29, 1.82) is 0 Å². The molecule has 0 aliphatic heterocycles. The predicted octanol–water partition coefficient (Wildman–Crippen LogP) is 3.82. The standard InChI is InChI=1S/C20H22F4O5/c1-9(18(25)28-5)6-12-13(20(12,2)3)19(26)29-8-11-16(23)14(21)10(7-27-4)15(22)17(11)24/h6,12-13H,7-8H2,1-5H3/b9-6+/t12-,13+/m1/s1. The van der Waals surface area contributed by atoms with Crippen LogP contribution in [0.1, 0.15) is 31.9 Å². The third kappa shape index (κ3) is 4.29. The van der Waals surface area contributed by atoms with Gasteiger partial charge in [0.2, 0.25) is 0 Å². The lowest BCUT2D eigenvalue weighted by Gasteiger charge is -2.12. The van der Waals surface area contributed by atoms with E-state index in [1.54, 1.807) is 19.9 Å². The van der Waals surface area contributed by atoms with Crippen LogP contribution in [0.15, 0.2) is 11.6 Å². The van der Waals surface area contributed by atoms with Gasteiger partial charge in [0, 0.05) is 12.7 Å². The summed E-state index contributed by atoms with van der Waals surface area (Å²) >= 11 is 0. The molecule has 1 saturated carbocycles. The van der Waals surface area contributed by atoms with Gasteiger partial charge in [0.05, 0.1) is 30.8 Å². The Bertz CT molecular complexity index is 834. The Hall–Kier alpha value is -2.42. The van der Waals surface area contributed by atoms with E-state index in [4.69, 9.17) is 4.74 Å². The number of carbonyl (C=O) groups excluding carboxylic acids is 2. The highest BCUT2D eigenvalue weighted by molar-refractivity contribution is 5.88. The van der Waals surface area contributed by atoms with E-state index in [9.17, 15) is 27.2 Å². The van der Waals surface area contributed by atoms with E-state index >= 15 is 0 Å². The molecule has 0 amide bonds. The maximum Gasteiger partial charge on any atom is 0.333 e. The molecule has 5 nitrogen and oxygen atoms in total. The zero-order chi connectivity index (χ0) is 22.1. The lowest BCUT2D eigenvalue weighted by molar-refractivity contribution is -0.147. The van der Waals surface area contributed by atoms with Gasteiger partial charge in [0.15, 0.2) is 23.3 Å². The molecule has 1 aliphatic carbocycles. The molecule has 1 aliphatic rings. The van der Waals surface area contributed by atoms with Crippen LogP contribution in [0, 0.1) is 40.5 Å². The van der Waals surface area contributed by atoms with E-state index in [0.717, 1.165) is 7.11 Å². The second-order valence-electron chi connectivity index (χ2n) is 7.42. The third-order valence-electron chi connectivity index (χ3n) is 5.19. The van der Waals surface area contributed by atoms with Gasteiger partial charge in [0.1, 0.15) is 6.61 Å². The number of halogens is 4. The molecule has 2 rings (SSSR count). The van der Waals surface area contributed by atoms with Crippen molar-refractivity contribution in [2.75, 3.05) is 14.2 Å². The molecule has 0 bridgehead atoms. The lowest BCUT2D eigenvalue weighted by Crippen LogP contribution is -2.15. The van der Waals surface area contributed by atoms with Crippen molar-refractivity contribution in [3.05, 3.63) is 46.0 Å². The normalized spacial score (nSPS) is 20.4. The van der Waals surface area contributed by atoms with Gasteiger partial charge in [0.25, 0.3) is 0 Å². The molecule has 0 aromatic heterocycles. The summed E-state index contributed by atoms with van der Waals surface area (Å²) in [6.45, 7) is 3.40. The molecule has 1 fully saturated rings. The quantitative estimate of drug-likeness (QED) is 0.292. The number of benzene rings is 1. The Morgan fingerprint density at radius 3 is 1.90 bits per heavy atom. The molecule has 0 heterocycles. The molecular formula is C20H22F4O5. The number of hydrogen-bond acceptors (Lipinski definition) is 5. The first-order chi connectivity index (χ1) is 13.5. The summed E-state index contributed by atoms with van der Waals surface area (Å²) in [5.74, 6) is -8.87. The van der Waals surface area contributed by atoms with Gasteiger partial charge in [-0.2, -0.15) is 0 Å². The Balaban J connectivity index is 2.17. The minimum Gasteiger partial charge on any atom is -0.466 e. The molecule has 0 spiro atoms. The number of ether oxygens (including phenoxy) is 3. The SMILES string of the molecule is COCc1c(F)c(F)c(COC(=O)[C@@H]2[C@@H](/C=C(\C)C(=O)OC)C2(C)C)c(F)c1F. The van der Waals surface area contributed by atoms with Gasteiger partial charge in [-0.25, -0.2) is 22.4 Å². The minimum atomic E-state index is -1.64. The monoisotopic (exact) mass is 418 g/mol. The smallest absolute Gasteiger partial charge is 0.333 e. The molecule has 2 atom stereocenters. The Labute approximate surface area is 165 Å². The molecule has 160 valence electrons. The summed E-state index contributed by atoms with van der Waals surface area (Å²) in [4.78, 5) is 23.9.